The van der Waals surface area contributed by atoms with Crippen LogP contribution in [0.2, 0.25) is 0 Å². The van der Waals surface area contributed by atoms with Crippen LogP contribution >= 0.6 is 11.8 Å². The molecular weight excluding hydrogens is 272 g/mol. The molecule has 0 aromatic rings. The van der Waals surface area contributed by atoms with Gasteiger partial charge in [0.05, 0.1) is 6.54 Å². The van der Waals surface area contributed by atoms with Crippen LogP contribution in [0, 0.1) is 0 Å². The second-order valence-electron chi connectivity index (χ2n) is 6.59. The minimum atomic E-state index is -0.572. The molecule has 1 heterocycles. The molecule has 0 aromatic heterocycles. The molecule has 1 aliphatic heterocycles. The summed E-state index contributed by atoms with van der Waals surface area (Å²) in [7, 11) is 0. The third kappa shape index (κ3) is 2.34. The first-order valence-electron chi connectivity index (χ1n) is 7.75. The quantitative estimate of drug-likeness (QED) is 0.866. The number of nitrogens with one attached hydrogen (secondary N) is 1. The van der Waals surface area contributed by atoms with Gasteiger partial charge in [-0.2, -0.15) is 11.8 Å². The molecule has 1 N–H and O–H groups in total. The Hall–Kier alpha value is -0.710. The Morgan fingerprint density at radius 2 is 1.80 bits per heavy atom. The maximum absolute atomic E-state index is 12.9. The fourth-order valence-electron chi connectivity index (χ4n) is 3.88. The summed E-state index contributed by atoms with van der Waals surface area (Å²) in [4.78, 5) is 26.8. The number of carbonyl (C=O) groups excluding carboxylic acids is 2. The lowest BCUT2D eigenvalue weighted by molar-refractivity contribution is -0.152. The fraction of sp³-hybridized carbons (Fsp3) is 0.867. The van der Waals surface area contributed by atoms with Crippen molar-refractivity contribution >= 4 is 23.6 Å². The summed E-state index contributed by atoms with van der Waals surface area (Å²) >= 11 is 1.87. The Bertz CT molecular complexity index is 409. The number of hydrogen-bond donors (Lipinski definition) is 1. The summed E-state index contributed by atoms with van der Waals surface area (Å²) < 4.78 is 0.211. The highest BCUT2D eigenvalue weighted by Crippen LogP contribution is 2.44. The molecule has 3 fully saturated rings. The second-order valence-corrected chi connectivity index (χ2v) is 7.87. The molecule has 112 valence electrons. The standard InChI is InChI=1S/C15H24N2O2S/c1-20-14(6-5-7-14)11-17-10-12(18)16-15(13(17)19)8-3-2-4-9-15/h2-11H2,1H3,(H,16,18). The zero-order chi connectivity index (χ0) is 14.2. The Labute approximate surface area is 125 Å². The van der Waals surface area contributed by atoms with Crippen LogP contribution in [-0.4, -0.2) is 46.3 Å². The van der Waals surface area contributed by atoms with E-state index in [1.807, 2.05) is 16.7 Å². The molecule has 5 heteroatoms. The van der Waals surface area contributed by atoms with Gasteiger partial charge in [0.15, 0.2) is 0 Å². The Morgan fingerprint density at radius 3 is 2.35 bits per heavy atom. The van der Waals surface area contributed by atoms with Crippen LogP contribution in [0.4, 0.5) is 0 Å². The SMILES string of the molecule is CSC1(CN2CC(=O)NC3(CCCCC3)C2=O)CCC1. The van der Waals surface area contributed by atoms with E-state index in [-0.39, 0.29) is 23.1 Å². The highest BCUT2D eigenvalue weighted by atomic mass is 32.2. The molecule has 2 aliphatic carbocycles. The van der Waals surface area contributed by atoms with E-state index in [0.717, 1.165) is 32.2 Å². The lowest BCUT2D eigenvalue weighted by atomic mass is 9.78. The average molecular weight is 296 g/mol. The fourth-order valence-corrected chi connectivity index (χ4v) is 4.86. The van der Waals surface area contributed by atoms with Crippen LogP contribution in [0.5, 0.6) is 0 Å². The average Bonchev–Trinajstić information content (AvgIpc) is 2.40. The predicted octanol–water partition coefficient (Wildman–Crippen LogP) is 1.93. The molecule has 0 radical (unpaired) electrons. The van der Waals surface area contributed by atoms with Crippen LogP contribution in [0.1, 0.15) is 51.4 Å². The van der Waals surface area contributed by atoms with Crippen molar-refractivity contribution in [3.8, 4) is 0 Å². The van der Waals surface area contributed by atoms with Crippen molar-refractivity contribution in [2.24, 2.45) is 0 Å². The first-order valence-corrected chi connectivity index (χ1v) is 8.97. The number of rotatable bonds is 3. The molecule has 2 amide bonds. The van der Waals surface area contributed by atoms with E-state index < -0.39 is 5.54 Å². The number of hydrogen-bond acceptors (Lipinski definition) is 3. The van der Waals surface area contributed by atoms with Crippen molar-refractivity contribution in [1.29, 1.82) is 0 Å². The van der Waals surface area contributed by atoms with Crippen LogP contribution in [0.3, 0.4) is 0 Å². The summed E-state index contributed by atoms with van der Waals surface area (Å²) in [6.45, 7) is 1.01. The van der Waals surface area contributed by atoms with Crippen LogP contribution in [-0.2, 0) is 9.59 Å². The van der Waals surface area contributed by atoms with Gasteiger partial charge in [-0.25, -0.2) is 0 Å². The Kier molecular flexibility index (Phi) is 3.73. The first kappa shape index (κ1) is 14.2. The van der Waals surface area contributed by atoms with E-state index >= 15 is 0 Å². The molecule has 0 bridgehead atoms. The number of carbonyl (C=O) groups is 2. The molecule has 0 aromatic carbocycles. The molecular formula is C15H24N2O2S. The molecule has 1 spiro atoms. The van der Waals surface area contributed by atoms with Gasteiger partial charge in [-0.1, -0.05) is 25.7 Å². The molecule has 4 nitrogen and oxygen atoms in total. The van der Waals surface area contributed by atoms with E-state index in [1.165, 1.54) is 25.7 Å². The molecule has 1 saturated heterocycles. The summed E-state index contributed by atoms with van der Waals surface area (Å²) in [6.07, 6.45) is 10.6. The lowest BCUT2D eigenvalue weighted by Gasteiger charge is -2.49. The summed E-state index contributed by atoms with van der Waals surface area (Å²) in [6, 6.07) is 0. The second kappa shape index (κ2) is 5.24. The molecule has 3 aliphatic rings. The van der Waals surface area contributed by atoms with Crippen molar-refractivity contribution in [3.05, 3.63) is 0 Å². The van der Waals surface area contributed by atoms with Gasteiger partial charge in [0.2, 0.25) is 11.8 Å². The van der Waals surface area contributed by atoms with Crippen LogP contribution in [0.15, 0.2) is 0 Å². The maximum Gasteiger partial charge on any atom is 0.248 e. The van der Waals surface area contributed by atoms with Gasteiger partial charge < -0.3 is 10.2 Å². The van der Waals surface area contributed by atoms with Crippen molar-refractivity contribution in [3.63, 3.8) is 0 Å². The number of amides is 2. The lowest BCUT2D eigenvalue weighted by Crippen LogP contribution is -2.68. The largest absolute Gasteiger partial charge is 0.340 e. The number of thioether (sulfide) groups is 1. The van der Waals surface area contributed by atoms with E-state index in [9.17, 15) is 9.59 Å². The number of piperazine rings is 1. The van der Waals surface area contributed by atoms with Gasteiger partial charge in [-0.15, -0.1) is 0 Å². The van der Waals surface area contributed by atoms with Gasteiger partial charge in [0.1, 0.15) is 5.54 Å². The van der Waals surface area contributed by atoms with Crippen molar-refractivity contribution < 1.29 is 9.59 Å². The van der Waals surface area contributed by atoms with Crippen molar-refractivity contribution in [2.75, 3.05) is 19.3 Å². The predicted molar refractivity (Wildman–Crippen MR) is 80.6 cm³/mol. The van der Waals surface area contributed by atoms with E-state index in [1.54, 1.807) is 0 Å². The first-order chi connectivity index (χ1) is 9.59. The van der Waals surface area contributed by atoms with Gasteiger partial charge >= 0.3 is 0 Å². The topological polar surface area (TPSA) is 49.4 Å². The monoisotopic (exact) mass is 296 g/mol. The molecule has 3 rings (SSSR count). The van der Waals surface area contributed by atoms with Gasteiger partial charge in [-0.05, 0) is 31.9 Å². The van der Waals surface area contributed by atoms with E-state index in [4.69, 9.17) is 0 Å². The van der Waals surface area contributed by atoms with Crippen molar-refractivity contribution in [2.45, 2.75) is 61.7 Å². The zero-order valence-electron chi connectivity index (χ0n) is 12.2. The highest BCUT2D eigenvalue weighted by Gasteiger charge is 2.49. The number of nitrogens with zero attached hydrogens (tertiary/aromatic N) is 1. The zero-order valence-corrected chi connectivity index (χ0v) is 13.1. The summed E-state index contributed by atoms with van der Waals surface area (Å²) in [5.74, 6) is 0.208. The molecule has 20 heavy (non-hydrogen) atoms. The maximum atomic E-state index is 12.9. The Morgan fingerprint density at radius 1 is 1.10 bits per heavy atom. The van der Waals surface area contributed by atoms with E-state index in [0.29, 0.717) is 0 Å². The molecule has 2 saturated carbocycles. The minimum absolute atomic E-state index is 0.0297. The van der Waals surface area contributed by atoms with Gasteiger partial charge in [0, 0.05) is 11.3 Å². The highest BCUT2D eigenvalue weighted by molar-refractivity contribution is 8.00. The minimum Gasteiger partial charge on any atom is -0.340 e. The van der Waals surface area contributed by atoms with Crippen molar-refractivity contribution in [1.82, 2.24) is 10.2 Å². The normalized spacial score (nSPS) is 28.1. The Balaban J connectivity index is 1.76. The van der Waals surface area contributed by atoms with Gasteiger partial charge in [0.25, 0.3) is 0 Å². The van der Waals surface area contributed by atoms with Crippen LogP contribution in [0.25, 0.3) is 0 Å². The smallest absolute Gasteiger partial charge is 0.248 e. The van der Waals surface area contributed by atoms with Crippen LogP contribution < -0.4 is 5.32 Å². The summed E-state index contributed by atoms with van der Waals surface area (Å²) in [5, 5.41) is 3.01. The molecule has 0 unspecified atom stereocenters. The third-order valence-corrected chi connectivity index (χ3v) is 6.70. The van der Waals surface area contributed by atoms with E-state index in [2.05, 4.69) is 11.6 Å². The van der Waals surface area contributed by atoms with Gasteiger partial charge in [-0.3, -0.25) is 9.59 Å². The molecule has 0 atom stereocenters. The summed E-state index contributed by atoms with van der Waals surface area (Å²) in [5.41, 5.74) is -0.572. The third-order valence-electron chi connectivity index (χ3n) is 5.29.